The Morgan fingerprint density at radius 2 is 2.08 bits per heavy atom. The van der Waals surface area contributed by atoms with Crippen molar-refractivity contribution >= 4 is 23.4 Å². The van der Waals surface area contributed by atoms with E-state index in [2.05, 4.69) is 22.4 Å². The Balaban J connectivity index is 1.93. The van der Waals surface area contributed by atoms with E-state index in [0.717, 1.165) is 17.0 Å². The highest BCUT2D eigenvalue weighted by Crippen LogP contribution is 2.21. The van der Waals surface area contributed by atoms with Crippen molar-refractivity contribution in [1.29, 1.82) is 0 Å². The number of ether oxygens (including phenoxy) is 1. The smallest absolute Gasteiger partial charge is 0.407 e. The molecule has 2 rings (SSSR count). The van der Waals surface area contributed by atoms with Gasteiger partial charge in [0.05, 0.1) is 11.4 Å². The van der Waals surface area contributed by atoms with E-state index in [1.54, 1.807) is 18.2 Å². The van der Waals surface area contributed by atoms with Crippen LogP contribution in [0.1, 0.15) is 22.5 Å². The van der Waals surface area contributed by atoms with Crippen molar-refractivity contribution in [1.82, 2.24) is 15.8 Å². The molecule has 0 aliphatic carbocycles. The molecule has 132 valence electrons. The maximum Gasteiger partial charge on any atom is 0.407 e. The zero-order valence-corrected chi connectivity index (χ0v) is 14.9. The largest absolute Gasteiger partial charge is 0.445 e. The summed E-state index contributed by atoms with van der Waals surface area (Å²) in [5.74, 6) is 0. The average molecular weight is 362 g/mol. The molecule has 1 heterocycles. The number of aryl methyl sites for hydroxylation is 1. The van der Waals surface area contributed by atoms with E-state index >= 15 is 0 Å². The minimum atomic E-state index is -0.521. The van der Waals surface area contributed by atoms with Crippen molar-refractivity contribution < 1.29 is 14.4 Å². The fourth-order valence-corrected chi connectivity index (χ4v) is 2.20. The van der Waals surface area contributed by atoms with Gasteiger partial charge >= 0.3 is 6.09 Å². The molecule has 1 aromatic heterocycles. The standard InChI is InChI=1S/C18H20ClN3O3/c1-12-5-4-6-16(21-12)11-25-22-13(2)14-7-8-17(19)15(9-14)10-24-18(23)20-3/h4-9,22H,2,10-11H2,1,3H3,(H,20,23). The molecule has 0 unspecified atom stereocenters. The van der Waals surface area contributed by atoms with E-state index in [1.807, 2.05) is 25.1 Å². The number of hydrogen-bond donors (Lipinski definition) is 2. The average Bonchev–Trinajstić information content (AvgIpc) is 2.60. The highest BCUT2D eigenvalue weighted by atomic mass is 35.5. The second-order valence-electron chi connectivity index (χ2n) is 5.27. The first-order chi connectivity index (χ1) is 12.0. The van der Waals surface area contributed by atoms with Crippen molar-refractivity contribution in [3.8, 4) is 0 Å². The lowest BCUT2D eigenvalue weighted by Gasteiger charge is -2.12. The summed E-state index contributed by atoms with van der Waals surface area (Å²) in [4.78, 5) is 21.0. The van der Waals surface area contributed by atoms with Gasteiger partial charge in [-0.3, -0.25) is 15.3 Å². The van der Waals surface area contributed by atoms with E-state index in [1.165, 1.54) is 7.05 Å². The van der Waals surface area contributed by atoms with Crippen LogP contribution in [0.5, 0.6) is 0 Å². The number of nitrogens with one attached hydrogen (secondary N) is 2. The maximum absolute atomic E-state index is 11.2. The van der Waals surface area contributed by atoms with Gasteiger partial charge in [-0.2, -0.15) is 0 Å². The van der Waals surface area contributed by atoms with E-state index in [4.69, 9.17) is 21.2 Å². The first-order valence-corrected chi connectivity index (χ1v) is 8.00. The molecule has 0 fully saturated rings. The minimum Gasteiger partial charge on any atom is -0.445 e. The van der Waals surface area contributed by atoms with Gasteiger partial charge in [0.25, 0.3) is 0 Å². The van der Waals surface area contributed by atoms with E-state index in [-0.39, 0.29) is 6.61 Å². The Morgan fingerprint density at radius 1 is 1.28 bits per heavy atom. The Labute approximate surface area is 151 Å². The number of amides is 1. The molecular weight excluding hydrogens is 342 g/mol. The Morgan fingerprint density at radius 3 is 2.80 bits per heavy atom. The number of benzene rings is 1. The third kappa shape index (κ3) is 5.77. The molecule has 25 heavy (non-hydrogen) atoms. The lowest BCUT2D eigenvalue weighted by atomic mass is 10.1. The first-order valence-electron chi connectivity index (χ1n) is 7.62. The molecule has 7 heteroatoms. The molecule has 0 aliphatic heterocycles. The number of nitrogens with zero attached hydrogens (tertiary/aromatic N) is 1. The molecule has 2 aromatic rings. The lowest BCUT2D eigenvalue weighted by molar-refractivity contribution is 0.0625. The Hall–Kier alpha value is -2.57. The molecule has 0 aliphatic rings. The van der Waals surface area contributed by atoms with E-state index < -0.39 is 6.09 Å². The number of hydrogen-bond acceptors (Lipinski definition) is 5. The van der Waals surface area contributed by atoms with Crippen molar-refractivity contribution in [2.24, 2.45) is 0 Å². The van der Waals surface area contributed by atoms with Crippen LogP contribution in [0.15, 0.2) is 43.0 Å². The van der Waals surface area contributed by atoms with Crippen LogP contribution in [0.2, 0.25) is 5.02 Å². The number of rotatable bonds is 7. The molecular formula is C18H20ClN3O3. The molecule has 0 saturated carbocycles. The van der Waals surface area contributed by atoms with Crippen LogP contribution in [0.3, 0.4) is 0 Å². The van der Waals surface area contributed by atoms with Crippen LogP contribution in [0.4, 0.5) is 4.79 Å². The van der Waals surface area contributed by atoms with Gasteiger partial charge in [0.1, 0.15) is 13.2 Å². The number of carbonyl (C=O) groups is 1. The van der Waals surface area contributed by atoms with E-state index in [9.17, 15) is 4.79 Å². The van der Waals surface area contributed by atoms with Crippen LogP contribution in [-0.4, -0.2) is 18.1 Å². The second-order valence-corrected chi connectivity index (χ2v) is 5.68. The predicted molar refractivity (Wildman–Crippen MR) is 96.6 cm³/mol. The van der Waals surface area contributed by atoms with Gasteiger partial charge in [-0.15, -0.1) is 0 Å². The number of alkyl carbamates (subject to hydrolysis) is 1. The molecule has 0 spiro atoms. The highest BCUT2D eigenvalue weighted by Gasteiger charge is 2.08. The maximum atomic E-state index is 11.2. The SMILES string of the molecule is C=C(NOCc1cccc(C)n1)c1ccc(Cl)c(COC(=O)NC)c1. The third-order valence-electron chi connectivity index (χ3n) is 3.32. The first kappa shape index (κ1) is 18.8. The van der Waals surface area contributed by atoms with Crippen LogP contribution in [0, 0.1) is 6.92 Å². The normalized spacial score (nSPS) is 10.2. The molecule has 1 amide bonds. The summed E-state index contributed by atoms with van der Waals surface area (Å²) in [6, 6.07) is 11.0. The van der Waals surface area contributed by atoms with Crippen LogP contribution < -0.4 is 10.8 Å². The molecule has 1 aromatic carbocycles. The number of halogens is 1. The van der Waals surface area contributed by atoms with Gasteiger partial charge in [0, 0.05) is 23.3 Å². The van der Waals surface area contributed by atoms with Crippen molar-refractivity contribution in [3.63, 3.8) is 0 Å². The Kier molecular flexibility index (Phi) is 6.80. The molecule has 0 atom stereocenters. The Bertz CT molecular complexity index is 765. The van der Waals surface area contributed by atoms with Gasteiger partial charge in [-0.25, -0.2) is 4.79 Å². The zero-order chi connectivity index (χ0) is 18.2. The molecule has 2 N–H and O–H groups in total. The molecule has 0 bridgehead atoms. The van der Waals surface area contributed by atoms with Gasteiger partial charge in [-0.05, 0) is 36.8 Å². The summed E-state index contributed by atoms with van der Waals surface area (Å²) in [5.41, 5.74) is 6.54. The fourth-order valence-electron chi connectivity index (χ4n) is 2.02. The monoisotopic (exact) mass is 361 g/mol. The number of aromatic nitrogens is 1. The summed E-state index contributed by atoms with van der Waals surface area (Å²) in [6.45, 7) is 6.23. The predicted octanol–water partition coefficient (Wildman–Crippen LogP) is 3.59. The van der Waals surface area contributed by atoms with Crippen LogP contribution in [0.25, 0.3) is 5.70 Å². The second kappa shape index (κ2) is 9.05. The molecule has 0 radical (unpaired) electrons. The van der Waals surface area contributed by atoms with Crippen LogP contribution in [-0.2, 0) is 22.8 Å². The van der Waals surface area contributed by atoms with Crippen molar-refractivity contribution in [2.45, 2.75) is 20.1 Å². The summed E-state index contributed by atoms with van der Waals surface area (Å²) in [5, 5.41) is 2.88. The summed E-state index contributed by atoms with van der Waals surface area (Å²) in [7, 11) is 1.49. The van der Waals surface area contributed by atoms with Crippen LogP contribution >= 0.6 is 11.6 Å². The van der Waals surface area contributed by atoms with Gasteiger partial charge < -0.3 is 10.1 Å². The molecule has 6 nitrogen and oxygen atoms in total. The zero-order valence-electron chi connectivity index (χ0n) is 14.1. The summed E-state index contributed by atoms with van der Waals surface area (Å²) >= 11 is 6.13. The fraction of sp³-hybridized carbons (Fsp3) is 0.222. The topological polar surface area (TPSA) is 72.5 Å². The quantitative estimate of drug-likeness (QED) is 0.737. The van der Waals surface area contributed by atoms with Gasteiger partial charge in [-0.1, -0.05) is 30.3 Å². The minimum absolute atomic E-state index is 0.0632. The molecule has 0 saturated heterocycles. The highest BCUT2D eigenvalue weighted by molar-refractivity contribution is 6.31. The van der Waals surface area contributed by atoms with E-state index in [0.29, 0.717) is 22.9 Å². The number of hydroxylamine groups is 1. The number of pyridine rings is 1. The third-order valence-corrected chi connectivity index (χ3v) is 3.69. The van der Waals surface area contributed by atoms with Crippen molar-refractivity contribution in [2.75, 3.05) is 7.05 Å². The van der Waals surface area contributed by atoms with Gasteiger partial charge in [0.15, 0.2) is 0 Å². The van der Waals surface area contributed by atoms with Gasteiger partial charge in [0.2, 0.25) is 0 Å². The summed E-state index contributed by atoms with van der Waals surface area (Å²) in [6.07, 6.45) is -0.521. The summed E-state index contributed by atoms with van der Waals surface area (Å²) < 4.78 is 5.02. The number of carbonyl (C=O) groups excluding carboxylic acids is 1. The lowest BCUT2D eigenvalue weighted by Crippen LogP contribution is -2.19. The van der Waals surface area contributed by atoms with Crippen molar-refractivity contribution in [3.05, 3.63) is 70.5 Å².